The first kappa shape index (κ1) is 15.5. The Bertz CT molecular complexity index is 564. The molecule has 0 aromatic carbocycles. The maximum absolute atomic E-state index is 12.1. The van der Waals surface area contributed by atoms with Crippen molar-refractivity contribution < 1.29 is 17.7 Å². The van der Waals surface area contributed by atoms with Crippen molar-refractivity contribution in [3.05, 3.63) is 17.0 Å². The lowest BCUT2D eigenvalue weighted by Crippen LogP contribution is -2.24. The monoisotopic (exact) mass is 301 g/mol. The van der Waals surface area contributed by atoms with E-state index >= 15 is 0 Å². The van der Waals surface area contributed by atoms with Crippen LogP contribution < -0.4 is 0 Å². The Morgan fingerprint density at radius 2 is 2.00 bits per heavy atom. The Kier molecular flexibility index (Phi) is 4.25. The lowest BCUT2D eigenvalue weighted by molar-refractivity contribution is 0.00644. The maximum Gasteiger partial charge on any atom is 0.158 e. The summed E-state index contributed by atoms with van der Waals surface area (Å²) in [5.74, 6) is 1.25. The predicted octanol–water partition coefficient (Wildman–Crippen LogP) is 2.59. The third-order valence-corrected chi connectivity index (χ3v) is 4.79. The van der Waals surface area contributed by atoms with E-state index in [0.717, 1.165) is 24.2 Å². The number of aromatic nitrogens is 1. The van der Waals surface area contributed by atoms with Crippen molar-refractivity contribution in [2.24, 2.45) is 0 Å². The zero-order chi connectivity index (χ0) is 15.0. The lowest BCUT2D eigenvalue weighted by Gasteiger charge is -2.19. The molecular weight excluding hydrogens is 278 g/mol. The highest BCUT2D eigenvalue weighted by atomic mass is 32.2. The van der Waals surface area contributed by atoms with Crippen molar-refractivity contribution in [1.82, 2.24) is 5.16 Å². The van der Waals surface area contributed by atoms with E-state index in [1.165, 1.54) is 0 Å². The van der Waals surface area contributed by atoms with Gasteiger partial charge in [-0.2, -0.15) is 0 Å². The minimum absolute atomic E-state index is 0.00926. The van der Waals surface area contributed by atoms with Crippen molar-refractivity contribution >= 4 is 9.84 Å². The van der Waals surface area contributed by atoms with Crippen LogP contribution in [-0.4, -0.2) is 31.5 Å². The molecule has 6 heteroatoms. The van der Waals surface area contributed by atoms with Gasteiger partial charge in [0, 0.05) is 11.5 Å². The number of hydrogen-bond acceptors (Lipinski definition) is 5. The van der Waals surface area contributed by atoms with Gasteiger partial charge in [-0.05, 0) is 40.5 Å². The van der Waals surface area contributed by atoms with E-state index in [1.807, 2.05) is 27.7 Å². The second-order valence-electron chi connectivity index (χ2n) is 6.45. The van der Waals surface area contributed by atoms with Crippen molar-refractivity contribution in [3.63, 3.8) is 0 Å². The summed E-state index contributed by atoms with van der Waals surface area (Å²) in [5, 5.41) is 3.92. The molecule has 0 saturated heterocycles. The van der Waals surface area contributed by atoms with E-state index in [0.29, 0.717) is 11.6 Å². The van der Waals surface area contributed by atoms with Gasteiger partial charge in [0.1, 0.15) is 11.5 Å². The third-order valence-electron chi connectivity index (χ3n) is 3.29. The first-order chi connectivity index (χ1) is 9.18. The fourth-order valence-electron chi connectivity index (χ4n) is 2.00. The van der Waals surface area contributed by atoms with Gasteiger partial charge in [0.05, 0.1) is 23.7 Å². The average Bonchev–Trinajstić information content (AvgIpc) is 3.04. The second kappa shape index (κ2) is 5.48. The van der Waals surface area contributed by atoms with Crippen LogP contribution in [0.25, 0.3) is 0 Å². The number of hydrogen-bond donors (Lipinski definition) is 0. The first-order valence-corrected chi connectivity index (χ1v) is 8.79. The summed E-state index contributed by atoms with van der Waals surface area (Å²) in [5.41, 5.74) is 1.12. The molecule has 0 atom stereocenters. The molecule has 1 heterocycles. The molecule has 0 N–H and O–H groups in total. The van der Waals surface area contributed by atoms with Crippen LogP contribution in [-0.2, 0) is 20.3 Å². The van der Waals surface area contributed by atoms with Gasteiger partial charge in [0.2, 0.25) is 0 Å². The first-order valence-electron chi connectivity index (χ1n) is 6.97. The Morgan fingerprint density at radius 3 is 2.55 bits per heavy atom. The molecule has 20 heavy (non-hydrogen) atoms. The molecule has 0 unspecified atom stereocenters. The van der Waals surface area contributed by atoms with E-state index in [4.69, 9.17) is 9.26 Å². The SMILES string of the molecule is Cc1c(CS(=O)(=O)CCOC(C)(C)C)noc1C1CC1. The molecule has 5 nitrogen and oxygen atoms in total. The van der Waals surface area contributed by atoms with E-state index in [1.54, 1.807) is 0 Å². The molecule has 114 valence electrons. The normalized spacial score (nSPS) is 16.6. The van der Waals surface area contributed by atoms with E-state index in [9.17, 15) is 8.42 Å². The second-order valence-corrected chi connectivity index (χ2v) is 8.63. The third kappa shape index (κ3) is 4.31. The minimum Gasteiger partial charge on any atom is -0.375 e. The van der Waals surface area contributed by atoms with Crippen LogP contribution in [0, 0.1) is 6.92 Å². The zero-order valence-corrected chi connectivity index (χ0v) is 13.4. The molecule has 1 saturated carbocycles. The number of ether oxygens (including phenoxy) is 1. The molecule has 0 radical (unpaired) electrons. The summed E-state index contributed by atoms with van der Waals surface area (Å²) in [7, 11) is -3.22. The summed E-state index contributed by atoms with van der Waals surface area (Å²) in [6, 6.07) is 0. The van der Waals surface area contributed by atoms with Crippen LogP contribution in [0.15, 0.2) is 4.52 Å². The highest BCUT2D eigenvalue weighted by Crippen LogP contribution is 2.42. The molecule has 0 amide bonds. The fourth-order valence-corrected chi connectivity index (χ4v) is 3.17. The van der Waals surface area contributed by atoms with Crippen LogP contribution in [0.1, 0.15) is 56.5 Å². The zero-order valence-electron chi connectivity index (χ0n) is 12.6. The van der Waals surface area contributed by atoms with E-state index in [-0.39, 0.29) is 23.7 Å². The molecule has 1 aliphatic carbocycles. The lowest BCUT2D eigenvalue weighted by atomic mass is 10.2. The topological polar surface area (TPSA) is 69.4 Å². The van der Waals surface area contributed by atoms with Crippen molar-refractivity contribution in [2.75, 3.05) is 12.4 Å². The van der Waals surface area contributed by atoms with Gasteiger partial charge in [-0.3, -0.25) is 0 Å². The summed E-state index contributed by atoms with van der Waals surface area (Å²) < 4.78 is 34.9. The van der Waals surface area contributed by atoms with Gasteiger partial charge in [0.25, 0.3) is 0 Å². The predicted molar refractivity (Wildman–Crippen MR) is 76.4 cm³/mol. The van der Waals surface area contributed by atoms with Crippen LogP contribution in [0.2, 0.25) is 0 Å². The van der Waals surface area contributed by atoms with Gasteiger partial charge in [-0.25, -0.2) is 8.42 Å². The molecule has 0 bridgehead atoms. The van der Waals surface area contributed by atoms with Gasteiger partial charge in [-0.1, -0.05) is 5.16 Å². The molecule has 1 fully saturated rings. The number of sulfone groups is 1. The molecule has 1 aromatic rings. The van der Waals surface area contributed by atoms with Crippen LogP contribution in [0.4, 0.5) is 0 Å². The molecule has 2 rings (SSSR count). The smallest absolute Gasteiger partial charge is 0.158 e. The van der Waals surface area contributed by atoms with Gasteiger partial charge in [-0.15, -0.1) is 0 Å². The van der Waals surface area contributed by atoms with Gasteiger partial charge >= 0.3 is 0 Å². The largest absolute Gasteiger partial charge is 0.375 e. The standard InChI is InChI=1S/C14H23NO4S/c1-10-12(15-19-13(10)11-5-6-11)9-20(16,17)8-7-18-14(2,3)4/h11H,5-9H2,1-4H3. The Morgan fingerprint density at radius 1 is 1.35 bits per heavy atom. The Labute approximate surface area is 120 Å². The maximum atomic E-state index is 12.1. The fraction of sp³-hybridized carbons (Fsp3) is 0.786. The number of nitrogens with zero attached hydrogens (tertiary/aromatic N) is 1. The van der Waals surface area contributed by atoms with Crippen molar-refractivity contribution in [1.29, 1.82) is 0 Å². The molecule has 1 aliphatic rings. The molecule has 0 aliphatic heterocycles. The van der Waals surface area contributed by atoms with Crippen molar-refractivity contribution in [3.8, 4) is 0 Å². The van der Waals surface area contributed by atoms with Crippen LogP contribution >= 0.6 is 0 Å². The minimum atomic E-state index is -3.22. The molecule has 1 aromatic heterocycles. The summed E-state index contributed by atoms with van der Waals surface area (Å²) in [6.45, 7) is 7.81. The molecular formula is C14H23NO4S. The number of rotatable bonds is 6. The Hall–Kier alpha value is -0.880. The van der Waals surface area contributed by atoms with Crippen molar-refractivity contribution in [2.45, 2.75) is 57.8 Å². The van der Waals surface area contributed by atoms with E-state index < -0.39 is 9.84 Å². The highest BCUT2D eigenvalue weighted by molar-refractivity contribution is 7.90. The average molecular weight is 301 g/mol. The van der Waals surface area contributed by atoms with Gasteiger partial charge in [0.15, 0.2) is 9.84 Å². The summed E-state index contributed by atoms with van der Waals surface area (Å²) in [6.07, 6.45) is 2.23. The highest BCUT2D eigenvalue weighted by Gasteiger charge is 2.31. The Balaban J connectivity index is 1.94. The molecule has 0 spiro atoms. The quantitative estimate of drug-likeness (QED) is 0.807. The van der Waals surface area contributed by atoms with Crippen LogP contribution in [0.5, 0.6) is 0 Å². The summed E-state index contributed by atoms with van der Waals surface area (Å²) >= 11 is 0. The van der Waals surface area contributed by atoms with Crippen LogP contribution in [0.3, 0.4) is 0 Å². The summed E-state index contributed by atoms with van der Waals surface area (Å²) in [4.78, 5) is 0. The van der Waals surface area contributed by atoms with Gasteiger partial charge < -0.3 is 9.26 Å². The van der Waals surface area contributed by atoms with E-state index in [2.05, 4.69) is 5.16 Å².